The Kier molecular flexibility index (Phi) is 4.65. The molecule has 1 aliphatic rings. The molecule has 0 bridgehead atoms. The highest BCUT2D eigenvalue weighted by Crippen LogP contribution is 2.29. The average Bonchev–Trinajstić information content (AvgIpc) is 2.68. The molecule has 2 heterocycles. The predicted molar refractivity (Wildman–Crippen MR) is 77.8 cm³/mol. The molecule has 1 unspecified atom stereocenters. The SMILES string of the molecule is COCC1CN(S(=O)(=O)c2c(Cl)cnn2C)CC(C)(C)O1. The fourth-order valence-corrected chi connectivity index (χ4v) is 4.74. The zero-order valence-corrected chi connectivity index (χ0v) is 14.1. The molecular weight excluding hydrogens is 318 g/mol. The summed E-state index contributed by atoms with van der Waals surface area (Å²) in [5.41, 5.74) is -0.598. The molecule has 0 N–H and O–H groups in total. The molecule has 0 radical (unpaired) electrons. The van der Waals surface area contributed by atoms with E-state index in [4.69, 9.17) is 21.1 Å². The lowest BCUT2D eigenvalue weighted by Crippen LogP contribution is -2.55. The van der Waals surface area contributed by atoms with Gasteiger partial charge in [0.25, 0.3) is 10.0 Å². The number of rotatable bonds is 4. The summed E-state index contributed by atoms with van der Waals surface area (Å²) in [5.74, 6) is 0. The molecule has 21 heavy (non-hydrogen) atoms. The monoisotopic (exact) mass is 337 g/mol. The van der Waals surface area contributed by atoms with Crippen molar-refractivity contribution in [2.45, 2.75) is 30.6 Å². The van der Waals surface area contributed by atoms with E-state index < -0.39 is 15.6 Å². The molecule has 1 atom stereocenters. The van der Waals surface area contributed by atoms with Gasteiger partial charge in [0, 0.05) is 27.2 Å². The van der Waals surface area contributed by atoms with E-state index in [0.717, 1.165) is 0 Å². The van der Waals surface area contributed by atoms with Crippen molar-refractivity contribution >= 4 is 21.6 Å². The van der Waals surface area contributed by atoms with E-state index in [-0.39, 0.29) is 29.2 Å². The number of aromatic nitrogens is 2. The van der Waals surface area contributed by atoms with Crippen molar-refractivity contribution in [3.8, 4) is 0 Å². The van der Waals surface area contributed by atoms with E-state index in [1.807, 2.05) is 13.8 Å². The Morgan fingerprint density at radius 1 is 1.57 bits per heavy atom. The van der Waals surface area contributed by atoms with Gasteiger partial charge in [0.15, 0.2) is 5.03 Å². The molecule has 0 aromatic carbocycles. The summed E-state index contributed by atoms with van der Waals surface area (Å²) in [6, 6.07) is 0. The van der Waals surface area contributed by atoms with Gasteiger partial charge in [-0.1, -0.05) is 11.6 Å². The summed E-state index contributed by atoms with van der Waals surface area (Å²) in [5, 5.41) is 4.01. The molecule has 1 aromatic rings. The molecule has 0 aliphatic carbocycles. The quantitative estimate of drug-likeness (QED) is 0.815. The molecule has 1 fully saturated rings. The van der Waals surface area contributed by atoms with E-state index in [2.05, 4.69) is 5.10 Å². The second kappa shape index (κ2) is 5.85. The lowest BCUT2D eigenvalue weighted by atomic mass is 10.1. The lowest BCUT2D eigenvalue weighted by Gasteiger charge is -2.41. The third-order valence-electron chi connectivity index (χ3n) is 3.23. The fraction of sp³-hybridized carbons (Fsp3) is 0.750. The highest BCUT2D eigenvalue weighted by atomic mass is 35.5. The Morgan fingerprint density at radius 2 is 2.24 bits per heavy atom. The van der Waals surface area contributed by atoms with Crippen LogP contribution in [0.15, 0.2) is 11.2 Å². The van der Waals surface area contributed by atoms with Crippen LogP contribution in [0.4, 0.5) is 0 Å². The van der Waals surface area contributed by atoms with Crippen LogP contribution in [-0.2, 0) is 26.5 Å². The van der Waals surface area contributed by atoms with Crippen LogP contribution in [0.3, 0.4) is 0 Å². The first-order chi connectivity index (χ1) is 9.67. The van der Waals surface area contributed by atoms with Crippen molar-refractivity contribution < 1.29 is 17.9 Å². The molecule has 0 amide bonds. The van der Waals surface area contributed by atoms with Crippen molar-refractivity contribution in [1.82, 2.24) is 14.1 Å². The van der Waals surface area contributed by atoms with Gasteiger partial charge in [-0.2, -0.15) is 9.40 Å². The highest BCUT2D eigenvalue weighted by Gasteiger charge is 2.41. The number of hydrogen-bond donors (Lipinski definition) is 0. The Hall–Kier alpha value is -0.670. The van der Waals surface area contributed by atoms with Crippen molar-refractivity contribution in [3.05, 3.63) is 11.2 Å². The number of nitrogens with zero attached hydrogens (tertiary/aromatic N) is 3. The topological polar surface area (TPSA) is 73.7 Å². The molecule has 120 valence electrons. The lowest BCUT2D eigenvalue weighted by molar-refractivity contribution is -0.135. The van der Waals surface area contributed by atoms with Crippen LogP contribution in [0.1, 0.15) is 13.8 Å². The number of morpholine rings is 1. The van der Waals surface area contributed by atoms with Crippen LogP contribution in [0.25, 0.3) is 0 Å². The molecule has 1 aromatic heterocycles. The molecule has 1 saturated heterocycles. The van der Waals surface area contributed by atoms with Gasteiger partial charge in [-0.3, -0.25) is 4.68 Å². The largest absolute Gasteiger partial charge is 0.382 e. The van der Waals surface area contributed by atoms with Crippen LogP contribution in [0, 0.1) is 0 Å². The van der Waals surface area contributed by atoms with Gasteiger partial charge in [-0.05, 0) is 13.8 Å². The van der Waals surface area contributed by atoms with E-state index in [1.165, 1.54) is 15.2 Å². The fourth-order valence-electron chi connectivity index (χ4n) is 2.51. The minimum Gasteiger partial charge on any atom is -0.382 e. The molecular formula is C12H20ClN3O4S. The Morgan fingerprint density at radius 3 is 2.76 bits per heavy atom. The zero-order chi connectivity index (χ0) is 15.8. The van der Waals surface area contributed by atoms with Gasteiger partial charge in [0.1, 0.15) is 0 Å². The minimum absolute atomic E-state index is 0.00182. The van der Waals surface area contributed by atoms with E-state index in [9.17, 15) is 8.42 Å². The smallest absolute Gasteiger partial charge is 0.261 e. The van der Waals surface area contributed by atoms with Gasteiger partial charge >= 0.3 is 0 Å². The number of methoxy groups -OCH3 is 1. The third-order valence-corrected chi connectivity index (χ3v) is 5.55. The summed E-state index contributed by atoms with van der Waals surface area (Å²) in [7, 11) is -0.626. The molecule has 9 heteroatoms. The maximum Gasteiger partial charge on any atom is 0.261 e. The molecule has 1 aliphatic heterocycles. The Bertz CT molecular complexity index is 595. The van der Waals surface area contributed by atoms with Crippen molar-refractivity contribution in [1.29, 1.82) is 0 Å². The van der Waals surface area contributed by atoms with Gasteiger partial charge in [0.05, 0.1) is 29.5 Å². The number of hydrogen-bond acceptors (Lipinski definition) is 5. The van der Waals surface area contributed by atoms with Crippen LogP contribution in [0.2, 0.25) is 5.02 Å². The predicted octanol–water partition coefficient (Wildman–Crippen LogP) is 0.888. The molecule has 0 spiro atoms. The maximum atomic E-state index is 12.8. The summed E-state index contributed by atoms with van der Waals surface area (Å²) in [6.45, 7) is 4.50. The van der Waals surface area contributed by atoms with Crippen LogP contribution < -0.4 is 0 Å². The number of halogens is 1. The van der Waals surface area contributed by atoms with Crippen LogP contribution in [-0.4, -0.2) is 61.0 Å². The zero-order valence-electron chi connectivity index (χ0n) is 12.5. The summed E-state index contributed by atoms with van der Waals surface area (Å²) in [4.78, 5) is 0. The van der Waals surface area contributed by atoms with Gasteiger partial charge in [0.2, 0.25) is 0 Å². The van der Waals surface area contributed by atoms with Crippen LogP contribution in [0.5, 0.6) is 0 Å². The second-order valence-electron chi connectivity index (χ2n) is 5.67. The van der Waals surface area contributed by atoms with Gasteiger partial charge < -0.3 is 9.47 Å². The third kappa shape index (κ3) is 3.40. The number of sulfonamides is 1. The van der Waals surface area contributed by atoms with Gasteiger partial charge in [-0.15, -0.1) is 0 Å². The number of aryl methyl sites for hydroxylation is 1. The van der Waals surface area contributed by atoms with Crippen molar-refractivity contribution in [2.75, 3.05) is 26.8 Å². The standard InChI is InChI=1S/C12H20ClN3O4S/c1-12(2)8-16(6-9(20-12)7-19-4)21(17,18)11-10(13)5-14-15(11)3/h5,9H,6-8H2,1-4H3. The summed E-state index contributed by atoms with van der Waals surface area (Å²) in [6.07, 6.45) is 1.01. The van der Waals surface area contributed by atoms with Crippen molar-refractivity contribution in [2.24, 2.45) is 7.05 Å². The Balaban J connectivity index is 2.35. The first-order valence-corrected chi connectivity index (χ1v) is 8.33. The maximum absolute atomic E-state index is 12.8. The highest BCUT2D eigenvalue weighted by molar-refractivity contribution is 7.89. The van der Waals surface area contributed by atoms with Gasteiger partial charge in [-0.25, -0.2) is 8.42 Å². The summed E-state index contributed by atoms with van der Waals surface area (Å²) >= 11 is 5.97. The minimum atomic E-state index is -3.74. The molecule has 7 nitrogen and oxygen atoms in total. The molecule has 0 saturated carbocycles. The van der Waals surface area contributed by atoms with E-state index in [1.54, 1.807) is 14.2 Å². The van der Waals surface area contributed by atoms with Crippen molar-refractivity contribution in [3.63, 3.8) is 0 Å². The molecule has 2 rings (SSSR count). The second-order valence-corrected chi connectivity index (χ2v) is 7.93. The van der Waals surface area contributed by atoms with E-state index in [0.29, 0.717) is 6.61 Å². The average molecular weight is 338 g/mol. The summed E-state index contributed by atoms with van der Waals surface area (Å²) < 4.78 is 39.2. The van der Waals surface area contributed by atoms with Crippen LogP contribution >= 0.6 is 11.6 Å². The Labute approximate surface area is 129 Å². The van der Waals surface area contributed by atoms with E-state index >= 15 is 0 Å². The normalized spacial score (nSPS) is 23.4. The first-order valence-electron chi connectivity index (χ1n) is 6.52. The first kappa shape index (κ1) is 16.7. The number of ether oxygens (including phenoxy) is 2.